The number of piperidine rings is 1. The monoisotopic (exact) mass is 388 g/mol. The SMILES string of the molecule is O=C1C[C@H]2CCN(C(=O)c3ccccc3-c3nc(-c4ccccc4)no3)C[C@H]2N1. The molecule has 1 aromatic heterocycles. The highest BCUT2D eigenvalue weighted by Gasteiger charge is 2.38. The van der Waals surface area contributed by atoms with Crippen LogP contribution in [0.25, 0.3) is 22.8 Å². The average molecular weight is 388 g/mol. The number of amides is 2. The number of carbonyl (C=O) groups excluding carboxylic acids is 2. The largest absolute Gasteiger partial charge is 0.351 e. The predicted molar refractivity (Wildman–Crippen MR) is 106 cm³/mol. The van der Waals surface area contributed by atoms with Gasteiger partial charge in [0.1, 0.15) is 0 Å². The molecule has 146 valence electrons. The number of likely N-dealkylation sites (tertiary alicyclic amines) is 1. The summed E-state index contributed by atoms with van der Waals surface area (Å²) in [5.74, 6) is 1.12. The summed E-state index contributed by atoms with van der Waals surface area (Å²) in [6.07, 6.45) is 1.39. The van der Waals surface area contributed by atoms with Crippen LogP contribution < -0.4 is 5.32 Å². The van der Waals surface area contributed by atoms with Gasteiger partial charge < -0.3 is 14.7 Å². The van der Waals surface area contributed by atoms with E-state index < -0.39 is 0 Å². The van der Waals surface area contributed by atoms with Crippen molar-refractivity contribution in [2.24, 2.45) is 5.92 Å². The smallest absolute Gasteiger partial charge is 0.259 e. The molecule has 5 rings (SSSR count). The highest BCUT2D eigenvalue weighted by Crippen LogP contribution is 2.30. The van der Waals surface area contributed by atoms with E-state index in [1.807, 2.05) is 48.5 Å². The first-order valence-corrected chi connectivity index (χ1v) is 9.76. The van der Waals surface area contributed by atoms with Crippen LogP contribution in [0.5, 0.6) is 0 Å². The van der Waals surface area contributed by atoms with Gasteiger partial charge in [0.25, 0.3) is 11.8 Å². The third kappa shape index (κ3) is 3.29. The van der Waals surface area contributed by atoms with E-state index in [1.54, 1.807) is 11.0 Å². The van der Waals surface area contributed by atoms with E-state index in [0.717, 1.165) is 12.0 Å². The molecule has 3 aromatic rings. The lowest BCUT2D eigenvalue weighted by Crippen LogP contribution is -2.49. The molecule has 7 heteroatoms. The Labute approximate surface area is 167 Å². The number of nitrogens with zero attached hydrogens (tertiary/aromatic N) is 3. The van der Waals surface area contributed by atoms with Crippen molar-refractivity contribution in [2.45, 2.75) is 18.9 Å². The van der Waals surface area contributed by atoms with Gasteiger partial charge in [-0.1, -0.05) is 47.6 Å². The normalized spacial score (nSPS) is 21.0. The quantitative estimate of drug-likeness (QED) is 0.745. The lowest BCUT2D eigenvalue weighted by Gasteiger charge is -2.34. The van der Waals surface area contributed by atoms with Crippen LogP contribution in [0.3, 0.4) is 0 Å². The number of benzene rings is 2. The molecule has 3 heterocycles. The zero-order valence-corrected chi connectivity index (χ0v) is 15.7. The predicted octanol–water partition coefficient (Wildman–Crippen LogP) is 2.75. The zero-order valence-electron chi connectivity index (χ0n) is 15.7. The van der Waals surface area contributed by atoms with Crippen LogP contribution in [0, 0.1) is 5.92 Å². The lowest BCUT2D eigenvalue weighted by molar-refractivity contribution is -0.119. The first-order chi connectivity index (χ1) is 14.2. The van der Waals surface area contributed by atoms with E-state index in [9.17, 15) is 9.59 Å². The Kier molecular flexibility index (Phi) is 4.35. The average Bonchev–Trinajstić information content (AvgIpc) is 3.39. The Morgan fingerprint density at radius 1 is 1.10 bits per heavy atom. The maximum Gasteiger partial charge on any atom is 0.259 e. The molecule has 2 amide bonds. The first kappa shape index (κ1) is 17.6. The minimum atomic E-state index is -0.0836. The maximum atomic E-state index is 13.3. The second-order valence-electron chi connectivity index (χ2n) is 7.51. The van der Waals surface area contributed by atoms with E-state index >= 15 is 0 Å². The first-order valence-electron chi connectivity index (χ1n) is 9.76. The number of hydrogen-bond donors (Lipinski definition) is 1. The summed E-state index contributed by atoms with van der Waals surface area (Å²) in [6.45, 7) is 1.17. The van der Waals surface area contributed by atoms with Gasteiger partial charge in [-0.2, -0.15) is 4.98 Å². The minimum absolute atomic E-state index is 0.0421. The van der Waals surface area contributed by atoms with Crippen LogP contribution in [0.4, 0.5) is 0 Å². The fourth-order valence-corrected chi connectivity index (χ4v) is 4.16. The standard InChI is InChI=1S/C22H20N4O3/c27-19-12-15-10-11-26(13-18(15)23-19)22(28)17-9-5-4-8-16(17)21-24-20(25-29-21)14-6-2-1-3-7-14/h1-9,15,18H,10-13H2,(H,23,27)/t15-,18-/m1/s1. The van der Waals surface area contributed by atoms with Crippen LogP contribution >= 0.6 is 0 Å². The summed E-state index contributed by atoms with van der Waals surface area (Å²) in [7, 11) is 0. The Morgan fingerprint density at radius 2 is 1.90 bits per heavy atom. The van der Waals surface area contributed by atoms with Gasteiger partial charge in [0.15, 0.2) is 0 Å². The molecule has 29 heavy (non-hydrogen) atoms. The number of aromatic nitrogens is 2. The van der Waals surface area contributed by atoms with Gasteiger partial charge in [0.2, 0.25) is 11.7 Å². The Hall–Kier alpha value is -3.48. The molecule has 0 radical (unpaired) electrons. The molecule has 7 nitrogen and oxygen atoms in total. The molecular weight excluding hydrogens is 368 g/mol. The second-order valence-corrected chi connectivity index (χ2v) is 7.51. The van der Waals surface area contributed by atoms with E-state index in [-0.39, 0.29) is 17.9 Å². The number of nitrogens with one attached hydrogen (secondary N) is 1. The van der Waals surface area contributed by atoms with Crippen molar-refractivity contribution in [1.82, 2.24) is 20.4 Å². The van der Waals surface area contributed by atoms with E-state index in [4.69, 9.17) is 4.52 Å². The number of carbonyl (C=O) groups is 2. The summed E-state index contributed by atoms with van der Waals surface area (Å²) in [5, 5.41) is 7.06. The van der Waals surface area contributed by atoms with Gasteiger partial charge in [0, 0.05) is 31.1 Å². The molecule has 2 saturated heterocycles. The number of rotatable bonds is 3. The van der Waals surface area contributed by atoms with Gasteiger partial charge in [-0.05, 0) is 24.5 Å². The maximum absolute atomic E-state index is 13.3. The molecule has 2 aromatic carbocycles. The molecule has 2 atom stereocenters. The zero-order chi connectivity index (χ0) is 19.8. The molecule has 2 aliphatic heterocycles. The lowest BCUT2D eigenvalue weighted by atomic mass is 9.92. The molecule has 2 fully saturated rings. The van der Waals surface area contributed by atoms with E-state index in [0.29, 0.717) is 48.3 Å². The van der Waals surface area contributed by atoms with Crippen LogP contribution in [-0.2, 0) is 4.79 Å². The van der Waals surface area contributed by atoms with Crippen molar-refractivity contribution in [1.29, 1.82) is 0 Å². The fraction of sp³-hybridized carbons (Fsp3) is 0.273. The van der Waals surface area contributed by atoms with Crippen molar-refractivity contribution < 1.29 is 14.1 Å². The van der Waals surface area contributed by atoms with Crippen LogP contribution in [0.2, 0.25) is 0 Å². The van der Waals surface area contributed by atoms with Gasteiger partial charge in [-0.25, -0.2) is 0 Å². The Bertz CT molecular complexity index is 1060. The van der Waals surface area contributed by atoms with Gasteiger partial charge in [-0.3, -0.25) is 9.59 Å². The molecule has 0 bridgehead atoms. The van der Waals surface area contributed by atoms with Crippen molar-refractivity contribution >= 4 is 11.8 Å². The number of hydrogen-bond acceptors (Lipinski definition) is 5. The summed E-state index contributed by atoms with van der Waals surface area (Å²) < 4.78 is 5.48. The fourth-order valence-electron chi connectivity index (χ4n) is 4.16. The molecular formula is C22H20N4O3. The molecule has 0 saturated carbocycles. The van der Waals surface area contributed by atoms with E-state index in [2.05, 4.69) is 15.5 Å². The van der Waals surface area contributed by atoms with Crippen molar-refractivity contribution in [3.05, 3.63) is 60.2 Å². The highest BCUT2D eigenvalue weighted by molar-refractivity contribution is 6.00. The van der Waals surface area contributed by atoms with Gasteiger partial charge >= 0.3 is 0 Å². The molecule has 1 N–H and O–H groups in total. The van der Waals surface area contributed by atoms with Gasteiger partial charge in [-0.15, -0.1) is 0 Å². The van der Waals surface area contributed by atoms with Crippen LogP contribution in [0.15, 0.2) is 59.1 Å². The van der Waals surface area contributed by atoms with E-state index in [1.165, 1.54) is 0 Å². The molecule has 0 aliphatic carbocycles. The van der Waals surface area contributed by atoms with Crippen LogP contribution in [-0.4, -0.2) is 46.0 Å². The third-order valence-corrected chi connectivity index (χ3v) is 5.68. The topological polar surface area (TPSA) is 88.3 Å². The van der Waals surface area contributed by atoms with Crippen molar-refractivity contribution in [2.75, 3.05) is 13.1 Å². The van der Waals surface area contributed by atoms with Crippen molar-refractivity contribution in [3.8, 4) is 22.8 Å². The van der Waals surface area contributed by atoms with Crippen molar-refractivity contribution in [3.63, 3.8) is 0 Å². The molecule has 0 spiro atoms. The van der Waals surface area contributed by atoms with Crippen LogP contribution in [0.1, 0.15) is 23.2 Å². The third-order valence-electron chi connectivity index (χ3n) is 5.68. The summed E-state index contributed by atoms with van der Waals surface area (Å²) in [6, 6.07) is 16.9. The summed E-state index contributed by atoms with van der Waals surface area (Å²) in [4.78, 5) is 31.2. The molecule has 2 aliphatic rings. The minimum Gasteiger partial charge on any atom is -0.351 e. The van der Waals surface area contributed by atoms with Gasteiger partial charge in [0.05, 0.1) is 11.1 Å². The summed E-state index contributed by atoms with van der Waals surface area (Å²) >= 11 is 0. The summed E-state index contributed by atoms with van der Waals surface area (Å²) in [5.41, 5.74) is 1.99. The second kappa shape index (κ2) is 7.16. The Balaban J connectivity index is 1.42. The molecule has 0 unspecified atom stereocenters. The highest BCUT2D eigenvalue weighted by atomic mass is 16.5. The Morgan fingerprint density at radius 3 is 2.76 bits per heavy atom. The number of fused-ring (bicyclic) bond motifs is 1.